The van der Waals surface area contributed by atoms with Crippen LogP contribution in [0.1, 0.15) is 15.9 Å². The fourth-order valence-electron chi connectivity index (χ4n) is 2.29. The highest BCUT2D eigenvalue weighted by molar-refractivity contribution is 6.68. The highest BCUT2D eigenvalue weighted by atomic mass is 35.5. The summed E-state index contributed by atoms with van der Waals surface area (Å²) in [7, 11) is 0. The Morgan fingerprint density at radius 1 is 1.05 bits per heavy atom. The van der Waals surface area contributed by atoms with E-state index in [2.05, 4.69) is 4.98 Å². The first kappa shape index (κ1) is 12.8. The summed E-state index contributed by atoms with van der Waals surface area (Å²) >= 11 is 5.71. The Morgan fingerprint density at radius 2 is 1.85 bits per heavy atom. The van der Waals surface area contributed by atoms with Crippen LogP contribution in [-0.2, 0) is 0 Å². The Balaban J connectivity index is 2.30. The van der Waals surface area contributed by atoms with E-state index >= 15 is 0 Å². The normalized spacial score (nSPS) is 10.7. The molecule has 0 saturated carbocycles. The van der Waals surface area contributed by atoms with Gasteiger partial charge in [0.2, 0.25) is 0 Å². The Labute approximate surface area is 122 Å². The lowest BCUT2D eigenvalue weighted by Gasteiger charge is -2.07. The van der Waals surface area contributed by atoms with Crippen LogP contribution in [0.2, 0.25) is 0 Å². The molecule has 0 atom stereocenters. The highest BCUT2D eigenvalue weighted by Crippen LogP contribution is 2.26. The Kier molecular flexibility index (Phi) is 3.25. The zero-order valence-corrected chi connectivity index (χ0v) is 11.7. The summed E-state index contributed by atoms with van der Waals surface area (Å²) < 4.78 is 0. The van der Waals surface area contributed by atoms with Gasteiger partial charge in [-0.2, -0.15) is 0 Å². The van der Waals surface area contributed by atoms with Crippen molar-refractivity contribution in [2.75, 3.05) is 0 Å². The summed E-state index contributed by atoms with van der Waals surface area (Å²) in [4.78, 5) is 16.3. The van der Waals surface area contributed by atoms with Crippen LogP contribution >= 0.6 is 11.6 Å². The van der Waals surface area contributed by atoms with Crippen molar-refractivity contribution in [1.29, 1.82) is 0 Å². The van der Waals surface area contributed by atoms with Crippen molar-refractivity contribution in [3.8, 4) is 11.3 Å². The number of pyridine rings is 1. The molecule has 0 bridgehead atoms. The number of nitrogens with zero attached hydrogens (tertiary/aromatic N) is 1. The van der Waals surface area contributed by atoms with Crippen molar-refractivity contribution in [3.63, 3.8) is 0 Å². The van der Waals surface area contributed by atoms with E-state index in [0.29, 0.717) is 5.56 Å². The van der Waals surface area contributed by atoms with Gasteiger partial charge in [-0.1, -0.05) is 42.0 Å². The molecular weight excluding hydrogens is 270 g/mol. The molecule has 20 heavy (non-hydrogen) atoms. The molecule has 1 heterocycles. The average Bonchev–Trinajstić information content (AvgIpc) is 2.46. The van der Waals surface area contributed by atoms with E-state index in [1.807, 2.05) is 55.5 Å². The average molecular weight is 282 g/mol. The number of hydrogen-bond donors (Lipinski definition) is 0. The number of aryl methyl sites for hydroxylation is 1. The van der Waals surface area contributed by atoms with Gasteiger partial charge in [-0.05, 0) is 36.7 Å². The standard InChI is InChI=1S/C17H12ClNO/c1-11-5-4-6-12(9-11)16-10-14(17(18)20)13-7-2-3-8-15(13)19-16/h2-10H,1H3. The summed E-state index contributed by atoms with van der Waals surface area (Å²) in [6.07, 6.45) is 0. The van der Waals surface area contributed by atoms with E-state index in [0.717, 1.165) is 27.7 Å². The topological polar surface area (TPSA) is 30.0 Å². The van der Waals surface area contributed by atoms with Gasteiger partial charge in [0.25, 0.3) is 5.24 Å². The predicted octanol–water partition coefficient (Wildman–Crippen LogP) is 4.59. The van der Waals surface area contributed by atoms with Gasteiger partial charge in [-0.15, -0.1) is 0 Å². The molecule has 3 heteroatoms. The molecule has 0 amide bonds. The van der Waals surface area contributed by atoms with E-state index in [9.17, 15) is 4.79 Å². The maximum atomic E-state index is 11.6. The van der Waals surface area contributed by atoms with Crippen LogP contribution < -0.4 is 0 Å². The van der Waals surface area contributed by atoms with Gasteiger partial charge in [0, 0.05) is 16.5 Å². The molecule has 0 saturated heterocycles. The van der Waals surface area contributed by atoms with Gasteiger partial charge in [0.05, 0.1) is 11.2 Å². The SMILES string of the molecule is Cc1cccc(-c2cc(C(=O)Cl)c3ccccc3n2)c1. The predicted molar refractivity (Wildman–Crippen MR) is 82.1 cm³/mol. The lowest BCUT2D eigenvalue weighted by atomic mass is 10.0. The van der Waals surface area contributed by atoms with E-state index < -0.39 is 5.24 Å². The van der Waals surface area contributed by atoms with Crippen molar-refractivity contribution in [2.24, 2.45) is 0 Å². The second-order valence-electron chi connectivity index (χ2n) is 4.72. The number of para-hydroxylation sites is 1. The van der Waals surface area contributed by atoms with Crippen LogP contribution in [0.15, 0.2) is 54.6 Å². The number of fused-ring (bicyclic) bond motifs is 1. The van der Waals surface area contributed by atoms with E-state index in [-0.39, 0.29) is 0 Å². The highest BCUT2D eigenvalue weighted by Gasteiger charge is 2.11. The first-order chi connectivity index (χ1) is 9.65. The maximum absolute atomic E-state index is 11.6. The van der Waals surface area contributed by atoms with Crippen LogP contribution in [-0.4, -0.2) is 10.2 Å². The Morgan fingerprint density at radius 3 is 2.60 bits per heavy atom. The molecule has 2 aromatic carbocycles. The zero-order valence-electron chi connectivity index (χ0n) is 10.9. The van der Waals surface area contributed by atoms with Crippen molar-refractivity contribution in [3.05, 3.63) is 65.7 Å². The van der Waals surface area contributed by atoms with Gasteiger partial charge in [0.1, 0.15) is 0 Å². The van der Waals surface area contributed by atoms with Crippen molar-refractivity contribution >= 4 is 27.7 Å². The smallest absolute Gasteiger partial charge is 0.253 e. The summed E-state index contributed by atoms with van der Waals surface area (Å²) in [5.74, 6) is 0. The first-order valence-electron chi connectivity index (χ1n) is 6.32. The molecule has 3 aromatic rings. The number of benzene rings is 2. The van der Waals surface area contributed by atoms with Crippen LogP contribution in [0.25, 0.3) is 22.2 Å². The minimum atomic E-state index is -0.461. The lowest BCUT2D eigenvalue weighted by molar-refractivity contribution is 0.108. The molecule has 0 aliphatic heterocycles. The van der Waals surface area contributed by atoms with Gasteiger partial charge >= 0.3 is 0 Å². The monoisotopic (exact) mass is 281 g/mol. The molecule has 0 N–H and O–H groups in total. The van der Waals surface area contributed by atoms with Gasteiger partial charge in [-0.25, -0.2) is 4.98 Å². The quantitative estimate of drug-likeness (QED) is 0.643. The van der Waals surface area contributed by atoms with Crippen LogP contribution in [0.3, 0.4) is 0 Å². The molecular formula is C17H12ClNO. The minimum absolute atomic E-state index is 0.461. The summed E-state index contributed by atoms with van der Waals surface area (Å²) in [6, 6.07) is 17.3. The number of hydrogen-bond acceptors (Lipinski definition) is 2. The van der Waals surface area contributed by atoms with Crippen molar-refractivity contribution in [2.45, 2.75) is 6.92 Å². The van der Waals surface area contributed by atoms with Gasteiger partial charge in [0.15, 0.2) is 0 Å². The second kappa shape index (κ2) is 5.06. The van der Waals surface area contributed by atoms with Crippen LogP contribution in [0.4, 0.5) is 0 Å². The largest absolute Gasteiger partial charge is 0.276 e. The Bertz CT molecular complexity index is 811. The summed E-state index contributed by atoms with van der Waals surface area (Å²) in [6.45, 7) is 2.03. The fraction of sp³-hybridized carbons (Fsp3) is 0.0588. The third-order valence-corrected chi connectivity index (χ3v) is 3.45. The third-order valence-electron chi connectivity index (χ3n) is 3.24. The molecule has 0 unspecified atom stereocenters. The molecule has 1 aromatic heterocycles. The Hall–Kier alpha value is -2.19. The summed E-state index contributed by atoms with van der Waals surface area (Å²) in [5, 5.41) is 0.321. The van der Waals surface area contributed by atoms with Gasteiger partial charge in [-0.3, -0.25) is 4.79 Å². The van der Waals surface area contributed by atoms with E-state index in [4.69, 9.17) is 11.6 Å². The van der Waals surface area contributed by atoms with E-state index in [1.54, 1.807) is 6.07 Å². The van der Waals surface area contributed by atoms with E-state index in [1.165, 1.54) is 0 Å². The molecule has 98 valence electrons. The van der Waals surface area contributed by atoms with Crippen molar-refractivity contribution in [1.82, 2.24) is 4.98 Å². The molecule has 0 aliphatic carbocycles. The minimum Gasteiger partial charge on any atom is -0.276 e. The number of halogens is 1. The second-order valence-corrected chi connectivity index (χ2v) is 5.06. The van der Waals surface area contributed by atoms with Gasteiger partial charge < -0.3 is 0 Å². The zero-order chi connectivity index (χ0) is 14.1. The van der Waals surface area contributed by atoms with Crippen LogP contribution in [0.5, 0.6) is 0 Å². The fourth-order valence-corrected chi connectivity index (χ4v) is 2.45. The van der Waals surface area contributed by atoms with Crippen molar-refractivity contribution < 1.29 is 4.79 Å². The molecule has 0 spiro atoms. The molecule has 0 radical (unpaired) electrons. The maximum Gasteiger partial charge on any atom is 0.253 e. The summed E-state index contributed by atoms with van der Waals surface area (Å²) in [5.41, 5.74) is 4.16. The molecule has 2 nitrogen and oxygen atoms in total. The van der Waals surface area contributed by atoms with Crippen LogP contribution in [0, 0.1) is 6.92 Å². The lowest BCUT2D eigenvalue weighted by Crippen LogP contribution is -1.95. The third kappa shape index (κ3) is 2.30. The first-order valence-corrected chi connectivity index (χ1v) is 6.69. The number of carbonyl (C=O) groups is 1. The molecule has 0 fully saturated rings. The number of carbonyl (C=O) groups excluding carboxylic acids is 1. The molecule has 3 rings (SSSR count). The number of rotatable bonds is 2. The molecule has 0 aliphatic rings. The number of aromatic nitrogens is 1.